The lowest BCUT2D eigenvalue weighted by Crippen LogP contribution is -2.47. The van der Waals surface area contributed by atoms with Crippen LogP contribution in [0.1, 0.15) is 45.0 Å². The molecule has 28 heavy (non-hydrogen) atoms. The van der Waals surface area contributed by atoms with Gasteiger partial charge < -0.3 is 19.7 Å². The lowest BCUT2D eigenvalue weighted by atomic mass is 10.1. The van der Waals surface area contributed by atoms with Gasteiger partial charge in [0.05, 0.1) is 17.1 Å². The van der Waals surface area contributed by atoms with Crippen molar-refractivity contribution in [2.24, 2.45) is 0 Å². The van der Waals surface area contributed by atoms with E-state index in [0.29, 0.717) is 18.8 Å². The minimum atomic E-state index is -1.02. The first kappa shape index (κ1) is 23.4. The first-order valence-electron chi connectivity index (χ1n) is 9.14. The highest BCUT2D eigenvalue weighted by Gasteiger charge is 2.29. The fourth-order valence-corrected chi connectivity index (χ4v) is 2.85. The third-order valence-corrected chi connectivity index (χ3v) is 4.05. The average Bonchev–Trinajstić information content (AvgIpc) is 2.61. The molecule has 0 aliphatic carbocycles. The number of anilines is 1. The van der Waals surface area contributed by atoms with Crippen molar-refractivity contribution < 1.29 is 24.0 Å². The van der Waals surface area contributed by atoms with Gasteiger partial charge in [0, 0.05) is 43.6 Å². The number of nitro benzene ring substituents is 1. The Morgan fingerprint density at radius 2 is 1.79 bits per heavy atom. The summed E-state index contributed by atoms with van der Waals surface area (Å²) in [6.07, 6.45) is -1.02. The van der Waals surface area contributed by atoms with Crippen molar-refractivity contribution in [1.29, 1.82) is 0 Å². The highest BCUT2D eigenvalue weighted by atomic mass is 16.6. The molecule has 156 valence electrons. The van der Waals surface area contributed by atoms with Crippen LogP contribution in [-0.2, 0) is 14.3 Å². The summed E-state index contributed by atoms with van der Waals surface area (Å²) < 4.78 is 10.3. The molecule has 0 spiro atoms. The lowest BCUT2D eigenvalue weighted by molar-refractivity contribution is -0.384. The number of esters is 1. The normalized spacial score (nSPS) is 12.0. The van der Waals surface area contributed by atoms with Crippen molar-refractivity contribution in [2.45, 2.75) is 52.8 Å². The summed E-state index contributed by atoms with van der Waals surface area (Å²) in [6, 6.07) is 3.75. The summed E-state index contributed by atoms with van der Waals surface area (Å²) >= 11 is 0. The number of hydrogen-bond donors (Lipinski definition) is 1. The monoisotopic (exact) mass is 395 g/mol. The van der Waals surface area contributed by atoms with Gasteiger partial charge in [-0.05, 0) is 40.7 Å². The Balaban J connectivity index is 3.06. The summed E-state index contributed by atoms with van der Waals surface area (Å²) in [6.45, 7) is 9.80. The van der Waals surface area contributed by atoms with E-state index in [9.17, 15) is 19.7 Å². The number of non-ortho nitro benzene ring substituents is 1. The largest absolute Gasteiger partial charge is 0.449 e. The minimum absolute atomic E-state index is 0.00871. The van der Waals surface area contributed by atoms with E-state index in [0.717, 1.165) is 6.07 Å². The zero-order valence-corrected chi connectivity index (χ0v) is 17.2. The van der Waals surface area contributed by atoms with Gasteiger partial charge in [0.15, 0.2) is 6.10 Å². The Hall–Kier alpha value is -2.68. The standard InChI is InChI=1S/C19H29N3O6/c1-12(2)21(13(3)4)18(23)14(5)28-19(24)16-11-15(22(25)26)7-8-17(16)20-9-10-27-6/h7-8,11-14,20H,9-10H2,1-6H3/t14-/m1/s1. The Morgan fingerprint density at radius 3 is 2.29 bits per heavy atom. The number of rotatable bonds is 10. The highest BCUT2D eigenvalue weighted by Crippen LogP contribution is 2.24. The molecule has 1 aromatic carbocycles. The molecule has 1 N–H and O–H groups in total. The van der Waals surface area contributed by atoms with Crippen molar-refractivity contribution in [3.63, 3.8) is 0 Å². The van der Waals surface area contributed by atoms with Gasteiger partial charge in [-0.15, -0.1) is 0 Å². The van der Waals surface area contributed by atoms with Gasteiger partial charge in [-0.2, -0.15) is 0 Å². The number of benzene rings is 1. The molecule has 1 rings (SSSR count). The van der Waals surface area contributed by atoms with Gasteiger partial charge in [0.25, 0.3) is 11.6 Å². The molecule has 0 bridgehead atoms. The fraction of sp³-hybridized carbons (Fsp3) is 0.579. The molecule has 0 saturated carbocycles. The predicted octanol–water partition coefficient (Wildman–Crippen LogP) is 2.84. The molecule has 1 aromatic rings. The SMILES string of the molecule is COCCNc1ccc([N+](=O)[O-])cc1C(=O)O[C@H](C)C(=O)N(C(C)C)C(C)C. The summed E-state index contributed by atoms with van der Waals surface area (Å²) in [7, 11) is 1.54. The van der Waals surface area contributed by atoms with Gasteiger partial charge in [-0.25, -0.2) is 4.79 Å². The highest BCUT2D eigenvalue weighted by molar-refractivity contribution is 5.98. The summed E-state index contributed by atoms with van der Waals surface area (Å²) in [4.78, 5) is 37.4. The van der Waals surface area contributed by atoms with Crippen LogP contribution in [0.5, 0.6) is 0 Å². The van der Waals surface area contributed by atoms with E-state index in [4.69, 9.17) is 9.47 Å². The van der Waals surface area contributed by atoms with E-state index < -0.39 is 17.0 Å². The van der Waals surface area contributed by atoms with E-state index in [1.807, 2.05) is 27.7 Å². The maximum atomic E-state index is 12.7. The zero-order valence-electron chi connectivity index (χ0n) is 17.2. The molecule has 9 nitrogen and oxygen atoms in total. The van der Waals surface area contributed by atoms with E-state index in [2.05, 4.69) is 5.32 Å². The van der Waals surface area contributed by atoms with Gasteiger partial charge in [0.2, 0.25) is 0 Å². The van der Waals surface area contributed by atoms with E-state index in [-0.39, 0.29) is 29.2 Å². The lowest BCUT2D eigenvalue weighted by Gasteiger charge is -2.32. The second-order valence-corrected chi connectivity index (χ2v) is 6.89. The van der Waals surface area contributed by atoms with Gasteiger partial charge >= 0.3 is 5.97 Å². The zero-order chi connectivity index (χ0) is 21.4. The van der Waals surface area contributed by atoms with Crippen molar-refractivity contribution in [3.8, 4) is 0 Å². The molecule has 0 aliphatic heterocycles. The fourth-order valence-electron chi connectivity index (χ4n) is 2.85. The number of carbonyl (C=O) groups excluding carboxylic acids is 2. The number of nitro groups is 1. The van der Waals surface area contributed by atoms with Gasteiger partial charge in [0.1, 0.15) is 0 Å². The first-order valence-corrected chi connectivity index (χ1v) is 9.14. The molecule has 0 saturated heterocycles. The third-order valence-electron chi connectivity index (χ3n) is 4.05. The molecule has 1 atom stereocenters. The molecule has 0 aromatic heterocycles. The number of hydrogen-bond acceptors (Lipinski definition) is 7. The predicted molar refractivity (Wildman–Crippen MR) is 105 cm³/mol. The number of nitrogens with one attached hydrogen (secondary N) is 1. The van der Waals surface area contributed by atoms with Gasteiger partial charge in [-0.3, -0.25) is 14.9 Å². The molecule has 0 fully saturated rings. The number of methoxy groups -OCH3 is 1. The Morgan fingerprint density at radius 1 is 1.18 bits per heavy atom. The van der Waals surface area contributed by atoms with Crippen molar-refractivity contribution in [1.82, 2.24) is 4.90 Å². The summed E-state index contributed by atoms with van der Waals surface area (Å²) in [5.41, 5.74) is 0.122. The summed E-state index contributed by atoms with van der Waals surface area (Å²) in [5.74, 6) is -1.13. The first-order chi connectivity index (χ1) is 13.1. The average molecular weight is 395 g/mol. The minimum Gasteiger partial charge on any atom is -0.449 e. The van der Waals surface area contributed by atoms with Crippen LogP contribution in [0.15, 0.2) is 18.2 Å². The number of nitrogens with zero attached hydrogens (tertiary/aromatic N) is 2. The van der Waals surface area contributed by atoms with Crippen LogP contribution in [0.3, 0.4) is 0 Å². The second-order valence-electron chi connectivity index (χ2n) is 6.89. The molecule has 0 aliphatic rings. The van der Waals surface area contributed by atoms with Gasteiger partial charge in [-0.1, -0.05) is 0 Å². The molecular weight excluding hydrogens is 366 g/mol. The van der Waals surface area contributed by atoms with E-state index >= 15 is 0 Å². The number of amides is 1. The van der Waals surface area contributed by atoms with E-state index in [1.165, 1.54) is 26.2 Å². The summed E-state index contributed by atoms with van der Waals surface area (Å²) in [5, 5.41) is 14.0. The molecule has 1 amide bonds. The number of ether oxygens (including phenoxy) is 2. The van der Waals surface area contributed by atoms with Crippen LogP contribution in [0.25, 0.3) is 0 Å². The Kier molecular flexibility index (Phi) is 8.84. The van der Waals surface area contributed by atoms with Crippen LogP contribution in [0.4, 0.5) is 11.4 Å². The molecule has 0 radical (unpaired) electrons. The molecular formula is C19H29N3O6. The van der Waals surface area contributed by atoms with Crippen molar-refractivity contribution in [3.05, 3.63) is 33.9 Å². The van der Waals surface area contributed by atoms with E-state index in [1.54, 1.807) is 4.90 Å². The van der Waals surface area contributed by atoms with Crippen LogP contribution in [0.2, 0.25) is 0 Å². The van der Waals surface area contributed by atoms with Crippen molar-refractivity contribution >= 4 is 23.3 Å². The third kappa shape index (κ3) is 6.19. The second kappa shape index (κ2) is 10.6. The molecule has 0 unspecified atom stereocenters. The van der Waals surface area contributed by atoms with Crippen LogP contribution < -0.4 is 5.32 Å². The van der Waals surface area contributed by atoms with Crippen LogP contribution in [0, 0.1) is 10.1 Å². The van der Waals surface area contributed by atoms with Crippen molar-refractivity contribution in [2.75, 3.05) is 25.6 Å². The quantitative estimate of drug-likeness (QED) is 0.281. The smallest absolute Gasteiger partial charge is 0.341 e. The Bertz CT molecular complexity index is 697. The number of carbonyl (C=O) groups is 2. The topological polar surface area (TPSA) is 111 Å². The maximum Gasteiger partial charge on any atom is 0.341 e. The molecule has 0 heterocycles. The van der Waals surface area contributed by atoms with Crippen LogP contribution in [-0.4, -0.2) is 60.1 Å². The van der Waals surface area contributed by atoms with Crippen LogP contribution >= 0.6 is 0 Å². The molecule has 9 heteroatoms. The maximum absolute atomic E-state index is 12.7. The Labute approximate surface area is 165 Å².